The van der Waals surface area contributed by atoms with Gasteiger partial charge in [-0.25, -0.2) is 0 Å². The van der Waals surface area contributed by atoms with Gasteiger partial charge in [-0.2, -0.15) is 0 Å². The van der Waals surface area contributed by atoms with Crippen molar-refractivity contribution in [1.82, 2.24) is 9.88 Å². The summed E-state index contributed by atoms with van der Waals surface area (Å²) >= 11 is 0. The molecule has 0 aliphatic carbocycles. The van der Waals surface area contributed by atoms with Gasteiger partial charge in [0, 0.05) is 19.8 Å². The van der Waals surface area contributed by atoms with Gasteiger partial charge >= 0.3 is 0 Å². The minimum absolute atomic E-state index is 0.0157. The van der Waals surface area contributed by atoms with Crippen LogP contribution in [0.4, 0.5) is 0 Å². The highest BCUT2D eigenvalue weighted by atomic mass is 16.2. The van der Waals surface area contributed by atoms with E-state index in [9.17, 15) is 4.79 Å². The molecule has 3 nitrogen and oxygen atoms in total. The Hall–Kier alpha value is -2.03. The Morgan fingerprint density at radius 1 is 1.29 bits per heavy atom. The second-order valence-corrected chi connectivity index (χ2v) is 4.24. The molecule has 2 rings (SSSR count). The summed E-state index contributed by atoms with van der Waals surface area (Å²) in [6.45, 7) is 2.59. The van der Waals surface area contributed by atoms with E-state index < -0.39 is 0 Å². The third kappa shape index (κ3) is 2.75. The summed E-state index contributed by atoms with van der Waals surface area (Å²) in [5.41, 5.74) is 2.84. The first kappa shape index (κ1) is 11.5. The van der Waals surface area contributed by atoms with Gasteiger partial charge in [-0.1, -0.05) is 30.3 Å². The summed E-state index contributed by atoms with van der Waals surface area (Å²) in [6, 6.07) is 11.8. The molecule has 0 fully saturated rings. The lowest BCUT2D eigenvalue weighted by atomic mass is 10.2. The number of hydrogen-bond donors (Lipinski definition) is 1. The molecule has 0 saturated heterocycles. The molecule has 0 unspecified atom stereocenters. The zero-order valence-electron chi connectivity index (χ0n) is 10.1. The quantitative estimate of drug-likeness (QED) is 0.861. The van der Waals surface area contributed by atoms with Crippen molar-refractivity contribution in [3.63, 3.8) is 0 Å². The van der Waals surface area contributed by atoms with Crippen molar-refractivity contribution in [1.29, 1.82) is 0 Å². The van der Waals surface area contributed by atoms with Gasteiger partial charge in [-0.15, -0.1) is 0 Å². The van der Waals surface area contributed by atoms with Crippen LogP contribution >= 0.6 is 0 Å². The molecule has 0 spiro atoms. The standard InChI is InChI=1S/C14H16N2O/c1-11-8-13(15-9-11)14(17)16(2)10-12-6-4-3-5-7-12/h3-9,15H,10H2,1-2H3. The maximum atomic E-state index is 12.1. The predicted molar refractivity (Wildman–Crippen MR) is 67.8 cm³/mol. The van der Waals surface area contributed by atoms with Gasteiger partial charge in [-0.05, 0) is 24.1 Å². The van der Waals surface area contributed by atoms with Gasteiger partial charge in [-0.3, -0.25) is 4.79 Å². The van der Waals surface area contributed by atoms with Crippen LogP contribution in [0.2, 0.25) is 0 Å². The fourth-order valence-corrected chi connectivity index (χ4v) is 1.76. The van der Waals surface area contributed by atoms with E-state index in [1.54, 1.807) is 4.90 Å². The SMILES string of the molecule is Cc1c[nH]c(C(=O)N(C)Cc2ccccc2)c1. The Balaban J connectivity index is 2.06. The largest absolute Gasteiger partial charge is 0.357 e. The van der Waals surface area contributed by atoms with Crippen LogP contribution in [0.25, 0.3) is 0 Å². The van der Waals surface area contributed by atoms with E-state index in [0.29, 0.717) is 12.2 Å². The molecule has 1 amide bonds. The highest BCUT2D eigenvalue weighted by Crippen LogP contribution is 2.08. The fraction of sp³-hybridized carbons (Fsp3) is 0.214. The number of aryl methyl sites for hydroxylation is 1. The molecule has 1 aromatic heterocycles. The number of aromatic amines is 1. The summed E-state index contributed by atoms with van der Waals surface area (Å²) < 4.78 is 0. The van der Waals surface area contributed by atoms with Crippen LogP contribution in [-0.4, -0.2) is 22.8 Å². The van der Waals surface area contributed by atoms with E-state index >= 15 is 0 Å². The van der Waals surface area contributed by atoms with E-state index in [0.717, 1.165) is 11.1 Å². The molecule has 3 heteroatoms. The summed E-state index contributed by atoms with van der Waals surface area (Å²) in [5, 5.41) is 0. The van der Waals surface area contributed by atoms with Crippen molar-refractivity contribution in [3.05, 3.63) is 59.4 Å². The normalized spacial score (nSPS) is 10.2. The van der Waals surface area contributed by atoms with Crippen LogP contribution < -0.4 is 0 Å². The van der Waals surface area contributed by atoms with Crippen molar-refractivity contribution in [2.75, 3.05) is 7.05 Å². The molecule has 1 heterocycles. The number of nitrogens with zero attached hydrogens (tertiary/aromatic N) is 1. The van der Waals surface area contributed by atoms with Crippen LogP contribution in [-0.2, 0) is 6.54 Å². The zero-order chi connectivity index (χ0) is 12.3. The molecule has 17 heavy (non-hydrogen) atoms. The zero-order valence-corrected chi connectivity index (χ0v) is 10.1. The van der Waals surface area contributed by atoms with Gasteiger partial charge in [0.05, 0.1) is 0 Å². The van der Waals surface area contributed by atoms with E-state index in [4.69, 9.17) is 0 Å². The highest BCUT2D eigenvalue weighted by Gasteiger charge is 2.12. The summed E-state index contributed by atoms with van der Waals surface area (Å²) in [4.78, 5) is 16.7. The third-order valence-corrected chi connectivity index (χ3v) is 2.67. The molecule has 0 aliphatic rings. The maximum absolute atomic E-state index is 12.1. The smallest absolute Gasteiger partial charge is 0.270 e. The van der Waals surface area contributed by atoms with E-state index in [-0.39, 0.29) is 5.91 Å². The number of rotatable bonds is 3. The highest BCUT2D eigenvalue weighted by molar-refractivity contribution is 5.92. The second kappa shape index (κ2) is 4.87. The van der Waals surface area contributed by atoms with Crippen molar-refractivity contribution in [3.8, 4) is 0 Å². The first-order chi connectivity index (χ1) is 8.16. The van der Waals surface area contributed by atoms with E-state index in [1.807, 2.05) is 56.6 Å². The molecule has 88 valence electrons. The fourth-order valence-electron chi connectivity index (χ4n) is 1.76. The Labute approximate surface area is 101 Å². The minimum atomic E-state index is 0.0157. The van der Waals surface area contributed by atoms with Gasteiger partial charge in [0.25, 0.3) is 5.91 Å². The molecule has 0 atom stereocenters. The number of carbonyl (C=O) groups is 1. The lowest BCUT2D eigenvalue weighted by Gasteiger charge is -2.16. The first-order valence-corrected chi connectivity index (χ1v) is 5.61. The molecule has 0 saturated carbocycles. The Bertz CT molecular complexity index is 502. The summed E-state index contributed by atoms with van der Waals surface area (Å²) in [6.07, 6.45) is 1.84. The van der Waals surface area contributed by atoms with E-state index in [2.05, 4.69) is 4.98 Å². The first-order valence-electron chi connectivity index (χ1n) is 5.61. The average Bonchev–Trinajstić information content (AvgIpc) is 2.76. The Kier molecular flexibility index (Phi) is 3.28. The molecule has 1 N–H and O–H groups in total. The monoisotopic (exact) mass is 228 g/mol. The Morgan fingerprint density at radius 3 is 2.59 bits per heavy atom. The average molecular weight is 228 g/mol. The minimum Gasteiger partial charge on any atom is -0.357 e. The van der Waals surface area contributed by atoms with Crippen molar-refractivity contribution < 1.29 is 4.79 Å². The molecular weight excluding hydrogens is 212 g/mol. The van der Waals surface area contributed by atoms with Gasteiger partial charge in [0.1, 0.15) is 5.69 Å². The Morgan fingerprint density at radius 2 is 2.00 bits per heavy atom. The van der Waals surface area contributed by atoms with Crippen LogP contribution in [0.5, 0.6) is 0 Å². The van der Waals surface area contributed by atoms with Crippen molar-refractivity contribution in [2.45, 2.75) is 13.5 Å². The molecule has 0 radical (unpaired) electrons. The van der Waals surface area contributed by atoms with Crippen molar-refractivity contribution >= 4 is 5.91 Å². The second-order valence-electron chi connectivity index (χ2n) is 4.24. The summed E-state index contributed by atoms with van der Waals surface area (Å²) in [5.74, 6) is 0.0157. The van der Waals surface area contributed by atoms with Crippen LogP contribution in [0, 0.1) is 6.92 Å². The number of aromatic nitrogens is 1. The van der Waals surface area contributed by atoms with Crippen LogP contribution in [0.15, 0.2) is 42.6 Å². The van der Waals surface area contributed by atoms with Gasteiger partial charge in [0.15, 0.2) is 0 Å². The lowest BCUT2D eigenvalue weighted by Crippen LogP contribution is -2.26. The number of carbonyl (C=O) groups excluding carboxylic acids is 1. The number of amides is 1. The maximum Gasteiger partial charge on any atom is 0.270 e. The van der Waals surface area contributed by atoms with Crippen molar-refractivity contribution in [2.24, 2.45) is 0 Å². The number of benzene rings is 1. The number of H-pyrrole nitrogens is 1. The van der Waals surface area contributed by atoms with Crippen LogP contribution in [0.1, 0.15) is 21.6 Å². The van der Waals surface area contributed by atoms with E-state index in [1.165, 1.54) is 0 Å². The predicted octanol–water partition coefficient (Wildman–Crippen LogP) is 2.60. The van der Waals surface area contributed by atoms with Crippen LogP contribution in [0.3, 0.4) is 0 Å². The lowest BCUT2D eigenvalue weighted by molar-refractivity contribution is 0.0780. The van der Waals surface area contributed by atoms with Gasteiger partial charge < -0.3 is 9.88 Å². The number of nitrogens with one attached hydrogen (secondary N) is 1. The summed E-state index contributed by atoms with van der Waals surface area (Å²) in [7, 11) is 1.81. The molecule has 1 aromatic carbocycles. The molecule has 0 aliphatic heterocycles. The molecule has 2 aromatic rings. The molecular formula is C14H16N2O. The number of hydrogen-bond acceptors (Lipinski definition) is 1. The van der Waals surface area contributed by atoms with Gasteiger partial charge in [0.2, 0.25) is 0 Å². The third-order valence-electron chi connectivity index (χ3n) is 2.67. The molecule has 0 bridgehead atoms. The topological polar surface area (TPSA) is 36.1 Å².